The highest BCUT2D eigenvalue weighted by molar-refractivity contribution is 5.38. The van der Waals surface area contributed by atoms with Crippen molar-refractivity contribution in [3.63, 3.8) is 0 Å². The van der Waals surface area contributed by atoms with E-state index in [0.717, 1.165) is 23.7 Å². The average Bonchev–Trinajstić information content (AvgIpc) is 2.85. The zero-order valence-corrected chi connectivity index (χ0v) is 19.0. The molecular formula is C27H33NO4. The van der Waals surface area contributed by atoms with E-state index < -0.39 is 6.10 Å². The molecule has 3 aromatic carbocycles. The molecule has 3 rings (SSSR count). The van der Waals surface area contributed by atoms with Crippen molar-refractivity contribution in [1.82, 2.24) is 5.32 Å². The number of benzene rings is 3. The summed E-state index contributed by atoms with van der Waals surface area (Å²) >= 11 is 0. The molecule has 32 heavy (non-hydrogen) atoms. The molecule has 0 fully saturated rings. The topological polar surface area (TPSA) is 60.0 Å². The summed E-state index contributed by atoms with van der Waals surface area (Å²) in [6, 6.07) is 26.2. The fourth-order valence-corrected chi connectivity index (χ4v) is 3.68. The molecule has 170 valence electrons. The summed E-state index contributed by atoms with van der Waals surface area (Å²) in [5, 5.41) is 13.8. The molecule has 0 aliphatic rings. The van der Waals surface area contributed by atoms with E-state index in [0.29, 0.717) is 6.54 Å². The van der Waals surface area contributed by atoms with E-state index in [2.05, 4.69) is 36.5 Å². The van der Waals surface area contributed by atoms with Crippen LogP contribution in [0.5, 0.6) is 17.2 Å². The maximum Gasteiger partial charge on any atom is 0.119 e. The minimum Gasteiger partial charge on any atom is -0.497 e. The highest BCUT2D eigenvalue weighted by atomic mass is 16.5. The van der Waals surface area contributed by atoms with Gasteiger partial charge in [0.25, 0.3) is 0 Å². The molecule has 0 saturated heterocycles. The van der Waals surface area contributed by atoms with E-state index in [-0.39, 0.29) is 18.6 Å². The molecule has 5 heteroatoms. The lowest BCUT2D eigenvalue weighted by Crippen LogP contribution is -2.37. The number of rotatable bonds is 12. The van der Waals surface area contributed by atoms with Gasteiger partial charge in [-0.2, -0.15) is 0 Å². The van der Waals surface area contributed by atoms with Gasteiger partial charge in [-0.15, -0.1) is 0 Å². The summed E-state index contributed by atoms with van der Waals surface area (Å²) in [5.74, 6) is 2.65. The van der Waals surface area contributed by atoms with Gasteiger partial charge < -0.3 is 24.6 Å². The Balaban J connectivity index is 1.61. The smallest absolute Gasteiger partial charge is 0.119 e. The van der Waals surface area contributed by atoms with Crippen molar-refractivity contribution < 1.29 is 19.3 Å². The lowest BCUT2D eigenvalue weighted by Gasteiger charge is -2.24. The fraction of sp³-hybridized carbons (Fsp3) is 0.333. The van der Waals surface area contributed by atoms with Crippen molar-refractivity contribution in [2.45, 2.75) is 31.4 Å². The summed E-state index contributed by atoms with van der Waals surface area (Å²) in [4.78, 5) is 0. The van der Waals surface area contributed by atoms with Crippen LogP contribution < -0.4 is 19.5 Å². The standard InChI is InChI=1S/C27H33NO4/c1-20(28-18-23(29)19-32-26-7-5-4-6-8-26)17-27(21-9-13-24(30-2)14-10-21)22-11-15-25(31-3)16-12-22/h4-16,20,23,27-29H,17-19H2,1-3H3/t20-,23+/m1/s1. The highest BCUT2D eigenvalue weighted by Gasteiger charge is 2.19. The van der Waals surface area contributed by atoms with Crippen LogP contribution in [-0.2, 0) is 0 Å². The lowest BCUT2D eigenvalue weighted by atomic mass is 9.86. The third-order valence-corrected chi connectivity index (χ3v) is 5.51. The molecule has 0 aliphatic heterocycles. The normalized spacial score (nSPS) is 12.9. The van der Waals surface area contributed by atoms with Gasteiger partial charge in [-0.1, -0.05) is 42.5 Å². The second-order valence-corrected chi connectivity index (χ2v) is 7.92. The molecule has 0 bridgehead atoms. The van der Waals surface area contributed by atoms with Crippen LogP contribution in [0.4, 0.5) is 0 Å². The Bertz CT molecular complexity index is 865. The van der Waals surface area contributed by atoms with E-state index in [4.69, 9.17) is 14.2 Å². The number of nitrogens with one attached hydrogen (secondary N) is 1. The van der Waals surface area contributed by atoms with Gasteiger partial charge in [0.1, 0.15) is 30.0 Å². The zero-order chi connectivity index (χ0) is 22.8. The SMILES string of the molecule is COc1ccc(C(C[C@@H](C)NC[C@H](O)COc2ccccc2)c2ccc(OC)cc2)cc1. The van der Waals surface area contributed by atoms with Crippen molar-refractivity contribution in [1.29, 1.82) is 0 Å². The van der Waals surface area contributed by atoms with Gasteiger partial charge in [0.05, 0.1) is 14.2 Å². The van der Waals surface area contributed by atoms with Crippen LogP contribution >= 0.6 is 0 Å². The summed E-state index contributed by atoms with van der Waals surface area (Å²) < 4.78 is 16.3. The molecule has 0 radical (unpaired) electrons. The predicted octanol–water partition coefficient (Wildman–Crippen LogP) is 4.64. The van der Waals surface area contributed by atoms with Crippen molar-refractivity contribution in [2.24, 2.45) is 0 Å². The molecule has 0 unspecified atom stereocenters. The monoisotopic (exact) mass is 435 g/mol. The molecule has 3 aromatic rings. The molecule has 0 spiro atoms. The zero-order valence-electron chi connectivity index (χ0n) is 19.0. The number of para-hydroxylation sites is 1. The van der Waals surface area contributed by atoms with Crippen LogP contribution in [0.1, 0.15) is 30.4 Å². The van der Waals surface area contributed by atoms with Gasteiger partial charge in [-0.25, -0.2) is 0 Å². The van der Waals surface area contributed by atoms with E-state index in [9.17, 15) is 5.11 Å². The van der Waals surface area contributed by atoms with E-state index in [1.54, 1.807) is 14.2 Å². The maximum atomic E-state index is 10.3. The van der Waals surface area contributed by atoms with Crippen molar-refractivity contribution in [2.75, 3.05) is 27.4 Å². The van der Waals surface area contributed by atoms with Crippen LogP contribution in [0, 0.1) is 0 Å². The molecule has 2 atom stereocenters. The van der Waals surface area contributed by atoms with Crippen LogP contribution in [0.2, 0.25) is 0 Å². The maximum absolute atomic E-state index is 10.3. The van der Waals surface area contributed by atoms with Crippen molar-refractivity contribution in [3.8, 4) is 17.2 Å². The molecule has 0 aromatic heterocycles. The summed E-state index contributed by atoms with van der Waals surface area (Å²) in [6.45, 7) is 2.86. The first-order valence-corrected chi connectivity index (χ1v) is 11.0. The summed E-state index contributed by atoms with van der Waals surface area (Å²) in [7, 11) is 3.35. The largest absolute Gasteiger partial charge is 0.497 e. The Morgan fingerprint density at radius 2 is 1.28 bits per heavy atom. The lowest BCUT2D eigenvalue weighted by molar-refractivity contribution is 0.103. The van der Waals surface area contributed by atoms with E-state index >= 15 is 0 Å². The van der Waals surface area contributed by atoms with E-state index in [1.165, 1.54) is 11.1 Å². The average molecular weight is 436 g/mol. The van der Waals surface area contributed by atoms with Gasteiger partial charge >= 0.3 is 0 Å². The quantitative estimate of drug-likeness (QED) is 0.434. The first-order valence-electron chi connectivity index (χ1n) is 11.0. The minimum atomic E-state index is -0.585. The van der Waals surface area contributed by atoms with Gasteiger partial charge in [-0.3, -0.25) is 0 Å². The Hall–Kier alpha value is -3.02. The van der Waals surface area contributed by atoms with Gasteiger partial charge in [-0.05, 0) is 60.9 Å². The fourth-order valence-electron chi connectivity index (χ4n) is 3.68. The van der Waals surface area contributed by atoms with E-state index in [1.807, 2.05) is 54.6 Å². The Kier molecular flexibility index (Phi) is 8.96. The summed E-state index contributed by atoms with van der Waals surface area (Å²) in [6.07, 6.45) is 0.295. The highest BCUT2D eigenvalue weighted by Crippen LogP contribution is 2.31. The predicted molar refractivity (Wildman–Crippen MR) is 128 cm³/mol. The Morgan fingerprint density at radius 3 is 1.78 bits per heavy atom. The number of aliphatic hydroxyl groups is 1. The third-order valence-electron chi connectivity index (χ3n) is 5.51. The molecule has 0 aliphatic carbocycles. The second-order valence-electron chi connectivity index (χ2n) is 7.92. The Labute approximate surface area is 191 Å². The van der Waals surface area contributed by atoms with Gasteiger partial charge in [0, 0.05) is 18.5 Å². The van der Waals surface area contributed by atoms with Gasteiger partial charge in [0.2, 0.25) is 0 Å². The molecular weight excluding hydrogens is 402 g/mol. The van der Waals surface area contributed by atoms with Crippen molar-refractivity contribution >= 4 is 0 Å². The Morgan fingerprint density at radius 1 is 0.750 bits per heavy atom. The number of ether oxygens (including phenoxy) is 3. The molecule has 0 heterocycles. The van der Waals surface area contributed by atoms with Crippen molar-refractivity contribution in [3.05, 3.63) is 90.0 Å². The molecule has 2 N–H and O–H groups in total. The first kappa shape index (κ1) is 23.6. The molecule has 0 amide bonds. The first-order chi connectivity index (χ1) is 15.6. The van der Waals surface area contributed by atoms with Crippen LogP contribution in [0.3, 0.4) is 0 Å². The van der Waals surface area contributed by atoms with Crippen LogP contribution in [0.15, 0.2) is 78.9 Å². The van der Waals surface area contributed by atoms with Crippen LogP contribution in [0.25, 0.3) is 0 Å². The van der Waals surface area contributed by atoms with Crippen LogP contribution in [-0.4, -0.2) is 44.6 Å². The number of hydrogen-bond donors (Lipinski definition) is 2. The summed E-state index contributed by atoms with van der Waals surface area (Å²) in [5.41, 5.74) is 2.44. The molecule has 0 saturated carbocycles. The third kappa shape index (κ3) is 7.01. The minimum absolute atomic E-state index is 0.190. The molecule has 5 nitrogen and oxygen atoms in total. The van der Waals surface area contributed by atoms with Gasteiger partial charge in [0.15, 0.2) is 0 Å². The number of hydrogen-bond acceptors (Lipinski definition) is 5. The number of methoxy groups -OCH3 is 2. The number of aliphatic hydroxyl groups excluding tert-OH is 1. The second kappa shape index (κ2) is 12.1.